The molecule has 1 saturated heterocycles. The highest BCUT2D eigenvalue weighted by atomic mass is 16.3. The maximum atomic E-state index is 12.0. The third-order valence-electron chi connectivity index (χ3n) is 5.66. The molecule has 1 N–H and O–H groups in total. The number of furan rings is 1. The molecule has 2 aliphatic rings. The Kier molecular flexibility index (Phi) is 3.92. The second kappa shape index (κ2) is 6.09. The Morgan fingerprint density at radius 2 is 2.21 bits per heavy atom. The lowest BCUT2D eigenvalue weighted by Gasteiger charge is -2.52. The summed E-state index contributed by atoms with van der Waals surface area (Å²) in [5.74, 6) is 0.315. The number of piperidine rings is 1. The molecule has 0 atom stereocenters. The van der Waals surface area contributed by atoms with E-state index in [1.54, 1.807) is 12.1 Å². The summed E-state index contributed by atoms with van der Waals surface area (Å²) in [7, 11) is 2.05. The molecule has 2 aromatic rings. The number of carbonyl (C=O) groups is 1. The monoisotopic (exact) mass is 328 g/mol. The van der Waals surface area contributed by atoms with E-state index in [0.29, 0.717) is 17.2 Å². The third kappa shape index (κ3) is 2.98. The number of imidazole rings is 1. The van der Waals surface area contributed by atoms with Crippen LogP contribution in [0.1, 0.15) is 41.9 Å². The van der Waals surface area contributed by atoms with Gasteiger partial charge in [0.1, 0.15) is 0 Å². The van der Waals surface area contributed by atoms with Crippen molar-refractivity contribution in [2.24, 2.45) is 12.5 Å². The van der Waals surface area contributed by atoms with E-state index < -0.39 is 0 Å². The molecule has 128 valence electrons. The zero-order valence-corrected chi connectivity index (χ0v) is 14.1. The van der Waals surface area contributed by atoms with Crippen molar-refractivity contribution in [3.63, 3.8) is 0 Å². The topological polar surface area (TPSA) is 63.3 Å². The van der Waals surface area contributed by atoms with Crippen molar-refractivity contribution in [2.45, 2.75) is 38.3 Å². The summed E-state index contributed by atoms with van der Waals surface area (Å²) in [5, 5.41) is 3.09. The Morgan fingerprint density at radius 1 is 1.42 bits per heavy atom. The summed E-state index contributed by atoms with van der Waals surface area (Å²) < 4.78 is 7.24. The number of nitrogens with zero attached hydrogens (tertiary/aromatic N) is 3. The number of aryl methyl sites for hydroxylation is 1. The second-order valence-electron chi connectivity index (χ2n) is 7.33. The number of nitrogens with one attached hydrogen (secondary N) is 1. The summed E-state index contributed by atoms with van der Waals surface area (Å²) in [6, 6.07) is 3.75. The quantitative estimate of drug-likeness (QED) is 0.934. The Morgan fingerprint density at radius 3 is 2.83 bits per heavy atom. The lowest BCUT2D eigenvalue weighted by Crippen LogP contribution is -2.54. The lowest BCUT2D eigenvalue weighted by molar-refractivity contribution is 0.00383. The molecule has 1 spiro atoms. The van der Waals surface area contributed by atoms with E-state index in [2.05, 4.69) is 19.8 Å². The van der Waals surface area contributed by atoms with Crippen LogP contribution in [-0.4, -0.2) is 39.5 Å². The van der Waals surface area contributed by atoms with Crippen LogP contribution in [0.25, 0.3) is 0 Å². The summed E-state index contributed by atoms with van der Waals surface area (Å²) in [6.07, 6.45) is 9.98. The van der Waals surface area contributed by atoms with Crippen LogP contribution in [0.3, 0.4) is 0 Å². The van der Waals surface area contributed by atoms with Gasteiger partial charge in [-0.05, 0) is 56.3 Å². The molecule has 24 heavy (non-hydrogen) atoms. The number of carbonyl (C=O) groups excluding carboxylic acids is 1. The fourth-order valence-electron chi connectivity index (χ4n) is 4.11. The molecule has 6 nitrogen and oxygen atoms in total. The first-order valence-electron chi connectivity index (χ1n) is 8.66. The average Bonchev–Trinajstić information content (AvgIpc) is 3.20. The standard InChI is InChI=1S/C18H24N4O2/c1-21-13-19-11-15(21)12-22-6-4-18(5-7-22)9-14(10-18)20-17(23)16-3-2-8-24-16/h2-3,8,11,13-14H,4-7,9-10,12H2,1H3,(H,20,23). The van der Waals surface area contributed by atoms with Gasteiger partial charge in [0.2, 0.25) is 0 Å². The number of likely N-dealkylation sites (tertiary alicyclic amines) is 1. The van der Waals surface area contributed by atoms with Gasteiger partial charge in [0.25, 0.3) is 5.91 Å². The smallest absolute Gasteiger partial charge is 0.287 e. The van der Waals surface area contributed by atoms with Crippen LogP contribution >= 0.6 is 0 Å². The predicted octanol–water partition coefficient (Wildman–Crippen LogP) is 2.19. The SMILES string of the molecule is Cn1cncc1CN1CCC2(CC1)CC(NC(=O)c1ccco1)C2. The number of aromatic nitrogens is 2. The fourth-order valence-corrected chi connectivity index (χ4v) is 4.11. The molecular weight excluding hydrogens is 304 g/mol. The van der Waals surface area contributed by atoms with Gasteiger partial charge in [-0.25, -0.2) is 4.98 Å². The van der Waals surface area contributed by atoms with Crippen LogP contribution in [-0.2, 0) is 13.6 Å². The molecule has 1 aliphatic heterocycles. The number of rotatable bonds is 4. The van der Waals surface area contributed by atoms with Crippen molar-refractivity contribution in [1.29, 1.82) is 0 Å². The molecule has 1 amide bonds. The van der Waals surface area contributed by atoms with Crippen LogP contribution in [0.4, 0.5) is 0 Å². The highest BCUT2D eigenvalue weighted by Crippen LogP contribution is 2.49. The van der Waals surface area contributed by atoms with Crippen LogP contribution < -0.4 is 5.32 Å². The summed E-state index contributed by atoms with van der Waals surface area (Å²) in [5.41, 5.74) is 1.70. The van der Waals surface area contributed by atoms with Gasteiger partial charge in [-0.15, -0.1) is 0 Å². The van der Waals surface area contributed by atoms with E-state index in [9.17, 15) is 4.79 Å². The minimum Gasteiger partial charge on any atom is -0.459 e. The summed E-state index contributed by atoms with van der Waals surface area (Å²) in [4.78, 5) is 18.7. The normalized spacial score (nSPS) is 20.9. The van der Waals surface area contributed by atoms with Crippen molar-refractivity contribution < 1.29 is 9.21 Å². The van der Waals surface area contributed by atoms with E-state index in [4.69, 9.17) is 4.42 Å². The Hall–Kier alpha value is -2.08. The third-order valence-corrected chi connectivity index (χ3v) is 5.66. The molecule has 2 fully saturated rings. The van der Waals surface area contributed by atoms with Crippen molar-refractivity contribution in [3.8, 4) is 0 Å². The maximum Gasteiger partial charge on any atom is 0.287 e. The summed E-state index contributed by atoms with van der Waals surface area (Å²) in [6.45, 7) is 3.24. The van der Waals surface area contributed by atoms with E-state index >= 15 is 0 Å². The zero-order chi connectivity index (χ0) is 16.6. The highest BCUT2D eigenvalue weighted by Gasteiger charge is 2.46. The van der Waals surface area contributed by atoms with Crippen LogP contribution in [0.15, 0.2) is 35.3 Å². The van der Waals surface area contributed by atoms with Crippen LogP contribution in [0.2, 0.25) is 0 Å². The molecule has 6 heteroatoms. The van der Waals surface area contributed by atoms with Gasteiger partial charge in [0.15, 0.2) is 5.76 Å². The van der Waals surface area contributed by atoms with Gasteiger partial charge in [-0.2, -0.15) is 0 Å². The molecule has 1 saturated carbocycles. The van der Waals surface area contributed by atoms with Crippen molar-refractivity contribution in [1.82, 2.24) is 19.8 Å². The Labute approximate surface area is 141 Å². The number of hydrogen-bond acceptors (Lipinski definition) is 4. The van der Waals surface area contributed by atoms with Gasteiger partial charge >= 0.3 is 0 Å². The first-order chi connectivity index (χ1) is 11.6. The molecule has 1 aliphatic carbocycles. The van der Waals surface area contributed by atoms with E-state index in [-0.39, 0.29) is 5.91 Å². The highest BCUT2D eigenvalue weighted by molar-refractivity contribution is 5.91. The van der Waals surface area contributed by atoms with Gasteiger partial charge < -0.3 is 14.3 Å². The Bertz CT molecular complexity index is 690. The second-order valence-corrected chi connectivity index (χ2v) is 7.33. The fraction of sp³-hybridized carbons (Fsp3) is 0.556. The molecule has 0 radical (unpaired) electrons. The Balaban J connectivity index is 1.24. The zero-order valence-electron chi connectivity index (χ0n) is 14.1. The van der Waals surface area contributed by atoms with Crippen molar-refractivity contribution in [3.05, 3.63) is 42.4 Å². The first kappa shape index (κ1) is 15.4. The van der Waals surface area contributed by atoms with Gasteiger partial charge in [-0.3, -0.25) is 9.69 Å². The minimum absolute atomic E-state index is 0.0894. The maximum absolute atomic E-state index is 12.0. The molecule has 0 unspecified atom stereocenters. The average molecular weight is 328 g/mol. The van der Waals surface area contributed by atoms with Crippen LogP contribution in [0.5, 0.6) is 0 Å². The van der Waals surface area contributed by atoms with E-state index in [1.807, 2.05) is 19.6 Å². The first-order valence-corrected chi connectivity index (χ1v) is 8.66. The molecule has 2 aromatic heterocycles. The largest absolute Gasteiger partial charge is 0.459 e. The van der Waals surface area contributed by atoms with Gasteiger partial charge in [0, 0.05) is 25.8 Å². The predicted molar refractivity (Wildman–Crippen MR) is 89.3 cm³/mol. The number of amides is 1. The minimum atomic E-state index is -0.0894. The molecule has 0 aromatic carbocycles. The van der Waals surface area contributed by atoms with E-state index in [0.717, 1.165) is 32.5 Å². The van der Waals surface area contributed by atoms with Crippen molar-refractivity contribution >= 4 is 5.91 Å². The molecule has 4 rings (SSSR count). The van der Waals surface area contributed by atoms with Crippen molar-refractivity contribution in [2.75, 3.05) is 13.1 Å². The molecular formula is C18H24N4O2. The van der Waals surface area contributed by atoms with E-state index in [1.165, 1.54) is 24.8 Å². The summed E-state index contributed by atoms with van der Waals surface area (Å²) >= 11 is 0. The van der Waals surface area contributed by atoms with Gasteiger partial charge in [-0.1, -0.05) is 0 Å². The molecule has 3 heterocycles. The molecule has 0 bridgehead atoms. The lowest BCUT2D eigenvalue weighted by atomic mass is 9.60. The number of hydrogen-bond donors (Lipinski definition) is 1. The van der Waals surface area contributed by atoms with Crippen LogP contribution in [0, 0.1) is 5.41 Å². The van der Waals surface area contributed by atoms with Gasteiger partial charge in [0.05, 0.1) is 18.3 Å².